The highest BCUT2D eigenvalue weighted by Gasteiger charge is 2.14. The molecule has 2 aromatic heterocycles. The number of halogens is 1. The van der Waals surface area contributed by atoms with Crippen molar-refractivity contribution in [1.29, 1.82) is 0 Å². The zero-order valence-corrected chi connectivity index (χ0v) is 13.8. The van der Waals surface area contributed by atoms with Gasteiger partial charge in [0.2, 0.25) is 0 Å². The van der Waals surface area contributed by atoms with Crippen LogP contribution in [0.3, 0.4) is 0 Å². The van der Waals surface area contributed by atoms with Gasteiger partial charge in [0.1, 0.15) is 10.5 Å². The minimum atomic E-state index is -0.272. The van der Waals surface area contributed by atoms with Crippen molar-refractivity contribution >= 4 is 23.6 Å². The van der Waals surface area contributed by atoms with Crippen molar-refractivity contribution in [3.05, 3.63) is 95.3 Å². The summed E-state index contributed by atoms with van der Waals surface area (Å²) in [5.74, 6) is -0.272. The van der Waals surface area contributed by atoms with Crippen LogP contribution in [0.25, 0.3) is 5.70 Å². The van der Waals surface area contributed by atoms with Gasteiger partial charge in [0, 0.05) is 29.3 Å². The van der Waals surface area contributed by atoms with E-state index in [2.05, 4.69) is 16.5 Å². The lowest BCUT2D eigenvalue weighted by Gasteiger charge is -2.27. The third-order valence-corrected chi connectivity index (χ3v) is 3.88. The van der Waals surface area contributed by atoms with Gasteiger partial charge in [0.05, 0.1) is 12.2 Å². The molecule has 0 spiro atoms. The zero-order valence-electron chi connectivity index (χ0n) is 12.9. The molecule has 0 atom stereocenters. The molecule has 0 bridgehead atoms. The number of benzene rings is 1. The van der Waals surface area contributed by atoms with Gasteiger partial charge in [-0.1, -0.05) is 24.9 Å². The Hall–Kier alpha value is -2.79. The van der Waals surface area contributed by atoms with E-state index < -0.39 is 0 Å². The van der Waals surface area contributed by atoms with Crippen LogP contribution in [-0.4, -0.2) is 9.97 Å². The number of hydrogen-bond donors (Lipinski definition) is 1. The minimum Gasteiger partial charge on any atom is -0.352 e. The van der Waals surface area contributed by atoms with Crippen molar-refractivity contribution in [3.8, 4) is 0 Å². The third kappa shape index (κ3) is 3.75. The molecule has 0 amide bonds. The van der Waals surface area contributed by atoms with Crippen LogP contribution in [0.1, 0.15) is 11.3 Å². The Labute approximate surface area is 145 Å². The van der Waals surface area contributed by atoms with Gasteiger partial charge in [-0.2, -0.15) is 0 Å². The molecule has 0 aliphatic heterocycles. The number of pyridine rings is 2. The molecule has 2 heterocycles. The molecular formula is C19H16FN3S. The summed E-state index contributed by atoms with van der Waals surface area (Å²) in [6.45, 7) is 4.73. The van der Waals surface area contributed by atoms with Crippen LogP contribution >= 0.6 is 12.2 Å². The van der Waals surface area contributed by atoms with Crippen molar-refractivity contribution in [2.75, 3.05) is 4.90 Å². The molecule has 0 saturated heterocycles. The lowest BCUT2D eigenvalue weighted by Crippen LogP contribution is -2.21. The van der Waals surface area contributed by atoms with Crippen LogP contribution < -0.4 is 4.90 Å². The Morgan fingerprint density at radius 3 is 2.54 bits per heavy atom. The van der Waals surface area contributed by atoms with Crippen molar-refractivity contribution in [1.82, 2.24) is 9.97 Å². The second-order valence-electron chi connectivity index (χ2n) is 5.27. The van der Waals surface area contributed by atoms with E-state index in [-0.39, 0.29) is 5.82 Å². The first-order chi connectivity index (χ1) is 11.6. The third-order valence-electron chi connectivity index (χ3n) is 3.63. The van der Waals surface area contributed by atoms with Crippen LogP contribution in [0.2, 0.25) is 0 Å². The number of H-pyrrole nitrogens is 1. The topological polar surface area (TPSA) is 31.9 Å². The van der Waals surface area contributed by atoms with Crippen LogP contribution in [-0.2, 0) is 6.54 Å². The first kappa shape index (κ1) is 16.1. The summed E-state index contributed by atoms with van der Waals surface area (Å²) in [5, 5.41) is 0. The number of aromatic amines is 1. The van der Waals surface area contributed by atoms with Crippen LogP contribution in [0.15, 0.2) is 73.6 Å². The first-order valence-electron chi connectivity index (χ1n) is 7.44. The Kier molecular flexibility index (Phi) is 4.82. The quantitative estimate of drug-likeness (QED) is 0.668. The molecule has 0 radical (unpaired) electrons. The lowest BCUT2D eigenvalue weighted by atomic mass is 10.1. The predicted octanol–water partition coefficient (Wildman–Crippen LogP) is 4.96. The Morgan fingerprint density at radius 1 is 1.12 bits per heavy atom. The molecule has 5 heteroatoms. The molecule has 3 rings (SSSR count). The monoisotopic (exact) mass is 337 g/mol. The average molecular weight is 337 g/mol. The highest BCUT2D eigenvalue weighted by atomic mass is 32.1. The van der Waals surface area contributed by atoms with Gasteiger partial charge in [0.25, 0.3) is 0 Å². The van der Waals surface area contributed by atoms with Gasteiger partial charge in [0.15, 0.2) is 0 Å². The highest BCUT2D eigenvalue weighted by molar-refractivity contribution is 7.71. The molecule has 24 heavy (non-hydrogen) atoms. The Morgan fingerprint density at radius 2 is 1.92 bits per heavy atom. The number of aromatic nitrogens is 2. The molecular weight excluding hydrogens is 321 g/mol. The molecule has 0 unspecified atom stereocenters. The molecule has 120 valence electrons. The zero-order chi connectivity index (χ0) is 16.9. The number of rotatable bonds is 5. The lowest BCUT2D eigenvalue weighted by molar-refractivity contribution is 0.627. The van der Waals surface area contributed by atoms with E-state index in [1.807, 2.05) is 41.4 Å². The van der Waals surface area contributed by atoms with E-state index in [9.17, 15) is 4.39 Å². The maximum Gasteiger partial charge on any atom is 0.123 e. The van der Waals surface area contributed by atoms with E-state index in [4.69, 9.17) is 12.2 Å². The summed E-state index contributed by atoms with van der Waals surface area (Å²) in [4.78, 5) is 9.38. The summed E-state index contributed by atoms with van der Waals surface area (Å²) < 4.78 is 13.9. The molecule has 0 saturated carbocycles. The highest BCUT2D eigenvalue weighted by Crippen LogP contribution is 2.26. The Bertz CT molecular complexity index is 868. The van der Waals surface area contributed by atoms with E-state index in [0.717, 1.165) is 22.6 Å². The molecule has 0 fully saturated rings. The van der Waals surface area contributed by atoms with Gasteiger partial charge in [-0.15, -0.1) is 0 Å². The fourth-order valence-corrected chi connectivity index (χ4v) is 2.49. The summed E-state index contributed by atoms with van der Waals surface area (Å²) in [6.07, 6.45) is 3.57. The molecule has 0 aliphatic carbocycles. The van der Waals surface area contributed by atoms with Gasteiger partial charge in [-0.05, 0) is 48.5 Å². The van der Waals surface area contributed by atoms with Crippen molar-refractivity contribution in [2.45, 2.75) is 6.54 Å². The SMILES string of the molecule is C=C(c1ccc(=S)[nH]c1)N(Cc1ccccn1)c1ccc(F)cc1. The normalized spacial score (nSPS) is 10.4. The summed E-state index contributed by atoms with van der Waals surface area (Å²) in [6, 6.07) is 15.8. The number of nitrogens with zero attached hydrogens (tertiary/aromatic N) is 2. The summed E-state index contributed by atoms with van der Waals surface area (Å²) >= 11 is 5.09. The smallest absolute Gasteiger partial charge is 0.123 e. The van der Waals surface area contributed by atoms with E-state index in [1.165, 1.54) is 12.1 Å². The fraction of sp³-hybridized carbons (Fsp3) is 0.0526. The number of nitrogens with one attached hydrogen (secondary N) is 1. The maximum atomic E-state index is 13.3. The van der Waals surface area contributed by atoms with Gasteiger partial charge < -0.3 is 9.88 Å². The first-order valence-corrected chi connectivity index (χ1v) is 7.85. The largest absolute Gasteiger partial charge is 0.352 e. The van der Waals surface area contributed by atoms with Crippen molar-refractivity contribution < 1.29 is 4.39 Å². The van der Waals surface area contributed by atoms with Crippen molar-refractivity contribution in [2.24, 2.45) is 0 Å². The van der Waals surface area contributed by atoms with E-state index in [1.54, 1.807) is 18.3 Å². The molecule has 0 aliphatic rings. The average Bonchev–Trinajstić information content (AvgIpc) is 2.62. The minimum absolute atomic E-state index is 0.272. The predicted molar refractivity (Wildman–Crippen MR) is 97.5 cm³/mol. The van der Waals surface area contributed by atoms with Gasteiger partial charge in [-0.25, -0.2) is 4.39 Å². The van der Waals surface area contributed by atoms with Crippen LogP contribution in [0, 0.1) is 10.5 Å². The number of anilines is 1. The molecule has 3 nitrogen and oxygen atoms in total. The van der Waals surface area contributed by atoms with Gasteiger partial charge in [-0.3, -0.25) is 4.98 Å². The maximum absolute atomic E-state index is 13.3. The van der Waals surface area contributed by atoms with Gasteiger partial charge >= 0.3 is 0 Å². The fourth-order valence-electron chi connectivity index (χ4n) is 2.36. The standard InChI is InChI=1S/C19H16FN3S/c1-14(15-5-10-19(24)22-12-15)23(13-17-4-2-3-11-21-17)18-8-6-16(20)7-9-18/h2-12H,1,13H2,(H,22,24). The van der Waals surface area contributed by atoms with E-state index in [0.29, 0.717) is 11.2 Å². The molecule has 1 N–H and O–H groups in total. The molecule has 3 aromatic rings. The molecule has 1 aromatic carbocycles. The number of hydrogen-bond acceptors (Lipinski definition) is 3. The van der Waals surface area contributed by atoms with Crippen LogP contribution in [0.5, 0.6) is 0 Å². The van der Waals surface area contributed by atoms with Crippen LogP contribution in [0.4, 0.5) is 10.1 Å². The summed E-state index contributed by atoms with van der Waals surface area (Å²) in [7, 11) is 0. The van der Waals surface area contributed by atoms with Crippen molar-refractivity contribution in [3.63, 3.8) is 0 Å². The van der Waals surface area contributed by atoms with E-state index >= 15 is 0 Å². The summed E-state index contributed by atoms with van der Waals surface area (Å²) in [5.41, 5.74) is 3.42. The Balaban J connectivity index is 1.97. The second kappa shape index (κ2) is 7.19. The second-order valence-corrected chi connectivity index (χ2v) is 5.71.